The molecule has 0 saturated carbocycles. The Hall–Kier alpha value is -2.09. The molecule has 5 heteroatoms. The second-order valence-electron chi connectivity index (χ2n) is 4.59. The van der Waals surface area contributed by atoms with E-state index in [1.54, 1.807) is 11.0 Å². The highest BCUT2D eigenvalue weighted by Gasteiger charge is 2.26. The van der Waals surface area contributed by atoms with Gasteiger partial charge in [-0.05, 0) is 24.6 Å². The number of carbonyl (C=O) groups is 1. The molecule has 4 nitrogen and oxygen atoms in total. The fourth-order valence-electron chi connectivity index (χ4n) is 2.23. The summed E-state index contributed by atoms with van der Waals surface area (Å²) in [6, 6.07) is 6.37. The van der Waals surface area contributed by atoms with E-state index in [-0.39, 0.29) is 24.1 Å². The normalized spacial score (nSPS) is 19.1. The molecule has 0 bridgehead atoms. The van der Waals surface area contributed by atoms with Gasteiger partial charge in [0.1, 0.15) is 11.6 Å². The summed E-state index contributed by atoms with van der Waals surface area (Å²) in [7, 11) is 1.51. The highest BCUT2D eigenvalue weighted by Crippen LogP contribution is 2.24. The summed E-state index contributed by atoms with van der Waals surface area (Å²) in [5.74, 6) is -0.0472. The Labute approximate surface area is 111 Å². The molecular formula is C14H15FN2O2. The van der Waals surface area contributed by atoms with Gasteiger partial charge in [-0.15, -0.1) is 0 Å². The number of nitrogens with zero attached hydrogens (tertiary/aromatic N) is 2. The van der Waals surface area contributed by atoms with Crippen LogP contribution >= 0.6 is 0 Å². The maximum Gasteiger partial charge on any atom is 0.224 e. The second-order valence-corrected chi connectivity index (χ2v) is 4.59. The van der Waals surface area contributed by atoms with Crippen LogP contribution in [0, 0.1) is 23.1 Å². The van der Waals surface area contributed by atoms with Gasteiger partial charge in [0.25, 0.3) is 0 Å². The summed E-state index contributed by atoms with van der Waals surface area (Å²) < 4.78 is 18.4. The van der Waals surface area contributed by atoms with E-state index in [0.717, 1.165) is 0 Å². The van der Waals surface area contributed by atoms with Gasteiger partial charge < -0.3 is 9.64 Å². The Morgan fingerprint density at radius 2 is 2.37 bits per heavy atom. The van der Waals surface area contributed by atoms with Gasteiger partial charge >= 0.3 is 0 Å². The monoisotopic (exact) mass is 262 g/mol. The minimum absolute atomic E-state index is 0.0656. The number of hydrogen-bond donors (Lipinski definition) is 0. The summed E-state index contributed by atoms with van der Waals surface area (Å²) in [5.41, 5.74) is 0.645. The summed E-state index contributed by atoms with van der Waals surface area (Å²) in [6.45, 7) is 0.842. The highest BCUT2D eigenvalue weighted by atomic mass is 19.1. The van der Waals surface area contributed by atoms with Crippen molar-refractivity contribution in [2.45, 2.75) is 19.4 Å². The van der Waals surface area contributed by atoms with E-state index in [2.05, 4.69) is 6.07 Å². The van der Waals surface area contributed by atoms with Crippen molar-refractivity contribution in [3.05, 3.63) is 29.6 Å². The van der Waals surface area contributed by atoms with Crippen LogP contribution in [0.4, 0.5) is 4.39 Å². The number of piperidine rings is 1. The first-order valence-corrected chi connectivity index (χ1v) is 6.14. The molecular weight excluding hydrogens is 247 g/mol. The molecule has 0 aliphatic carbocycles. The van der Waals surface area contributed by atoms with Crippen molar-refractivity contribution in [1.82, 2.24) is 4.90 Å². The Kier molecular flexibility index (Phi) is 4.00. The van der Waals surface area contributed by atoms with Crippen molar-refractivity contribution in [3.8, 4) is 11.8 Å². The van der Waals surface area contributed by atoms with Gasteiger partial charge in [0.05, 0.1) is 19.1 Å². The maximum absolute atomic E-state index is 13.2. The number of hydrogen-bond acceptors (Lipinski definition) is 3. The van der Waals surface area contributed by atoms with Crippen molar-refractivity contribution < 1.29 is 13.9 Å². The van der Waals surface area contributed by atoms with E-state index >= 15 is 0 Å². The third-order valence-electron chi connectivity index (χ3n) is 3.31. The van der Waals surface area contributed by atoms with E-state index in [1.165, 1.54) is 19.2 Å². The summed E-state index contributed by atoms with van der Waals surface area (Å²) in [6.07, 6.45) is 0.911. The summed E-state index contributed by atoms with van der Waals surface area (Å²) >= 11 is 0. The molecule has 0 N–H and O–H groups in total. The van der Waals surface area contributed by atoms with Crippen LogP contribution in [0.2, 0.25) is 0 Å². The van der Waals surface area contributed by atoms with Crippen LogP contribution in [-0.4, -0.2) is 24.5 Å². The summed E-state index contributed by atoms with van der Waals surface area (Å²) in [5, 5.41) is 8.81. The zero-order valence-corrected chi connectivity index (χ0v) is 10.7. The molecule has 0 radical (unpaired) electrons. The SMILES string of the molecule is COc1ccc(F)cc1CN1CCC(C#N)CC1=O. The van der Waals surface area contributed by atoms with E-state index in [4.69, 9.17) is 10.00 Å². The lowest BCUT2D eigenvalue weighted by atomic mass is 9.97. The molecule has 1 saturated heterocycles. The number of likely N-dealkylation sites (tertiary alicyclic amines) is 1. The van der Waals surface area contributed by atoms with Crippen molar-refractivity contribution in [3.63, 3.8) is 0 Å². The Morgan fingerprint density at radius 1 is 1.58 bits per heavy atom. The lowest BCUT2D eigenvalue weighted by molar-refractivity contribution is -0.134. The number of ether oxygens (including phenoxy) is 1. The number of carbonyl (C=O) groups excluding carboxylic acids is 1. The van der Waals surface area contributed by atoms with Crippen molar-refractivity contribution in [2.24, 2.45) is 5.92 Å². The Balaban J connectivity index is 2.12. The molecule has 2 rings (SSSR count). The first-order chi connectivity index (χ1) is 9.13. The van der Waals surface area contributed by atoms with Gasteiger partial charge in [0.15, 0.2) is 0 Å². The van der Waals surface area contributed by atoms with Gasteiger partial charge in [-0.25, -0.2) is 4.39 Å². The molecule has 100 valence electrons. The molecule has 19 heavy (non-hydrogen) atoms. The van der Waals surface area contributed by atoms with Crippen molar-refractivity contribution >= 4 is 5.91 Å². The fraction of sp³-hybridized carbons (Fsp3) is 0.429. The number of methoxy groups -OCH3 is 1. The molecule has 1 aromatic carbocycles. The molecule has 1 aliphatic rings. The molecule has 1 unspecified atom stereocenters. The van der Waals surface area contributed by atoms with E-state index in [1.807, 2.05) is 0 Å². The van der Waals surface area contributed by atoms with Gasteiger partial charge in [0, 0.05) is 25.1 Å². The lowest BCUT2D eigenvalue weighted by Crippen LogP contribution is -2.38. The number of amides is 1. The predicted octanol–water partition coefficient (Wildman–Crippen LogP) is 2.10. The highest BCUT2D eigenvalue weighted by molar-refractivity contribution is 5.77. The van der Waals surface area contributed by atoms with E-state index in [9.17, 15) is 9.18 Å². The van der Waals surface area contributed by atoms with E-state index in [0.29, 0.717) is 30.8 Å². The molecule has 1 aromatic rings. The van der Waals surface area contributed by atoms with Gasteiger partial charge in [-0.2, -0.15) is 5.26 Å². The molecule has 0 aromatic heterocycles. The summed E-state index contributed by atoms with van der Waals surface area (Å²) in [4.78, 5) is 13.5. The first kappa shape index (κ1) is 13.3. The number of rotatable bonds is 3. The molecule has 0 spiro atoms. The van der Waals surface area contributed by atoms with Crippen LogP contribution in [-0.2, 0) is 11.3 Å². The first-order valence-electron chi connectivity index (χ1n) is 6.14. The van der Waals surface area contributed by atoms with Crippen molar-refractivity contribution in [2.75, 3.05) is 13.7 Å². The average Bonchev–Trinajstić information content (AvgIpc) is 2.41. The molecule has 1 amide bonds. The quantitative estimate of drug-likeness (QED) is 0.838. The van der Waals surface area contributed by atoms with E-state index < -0.39 is 0 Å². The Morgan fingerprint density at radius 3 is 3.00 bits per heavy atom. The van der Waals surface area contributed by atoms with Gasteiger partial charge in [-0.3, -0.25) is 4.79 Å². The van der Waals surface area contributed by atoms with Crippen LogP contribution < -0.4 is 4.74 Å². The zero-order valence-electron chi connectivity index (χ0n) is 10.7. The molecule has 1 aliphatic heterocycles. The number of nitriles is 1. The third kappa shape index (κ3) is 3.02. The molecule has 1 atom stereocenters. The standard InChI is InChI=1S/C14H15FN2O2/c1-19-13-3-2-12(15)7-11(13)9-17-5-4-10(8-16)6-14(17)18/h2-3,7,10H,4-6,9H2,1H3. The maximum atomic E-state index is 13.2. The van der Waals surface area contributed by atoms with Crippen LogP contribution in [0.1, 0.15) is 18.4 Å². The van der Waals surface area contributed by atoms with Crippen LogP contribution in [0.5, 0.6) is 5.75 Å². The van der Waals surface area contributed by atoms with Crippen LogP contribution in [0.15, 0.2) is 18.2 Å². The van der Waals surface area contributed by atoms with Crippen LogP contribution in [0.3, 0.4) is 0 Å². The second kappa shape index (κ2) is 5.70. The topological polar surface area (TPSA) is 53.3 Å². The van der Waals surface area contributed by atoms with Gasteiger partial charge in [-0.1, -0.05) is 0 Å². The lowest BCUT2D eigenvalue weighted by Gasteiger charge is -2.29. The molecule has 1 heterocycles. The third-order valence-corrected chi connectivity index (χ3v) is 3.31. The van der Waals surface area contributed by atoms with Crippen molar-refractivity contribution in [1.29, 1.82) is 5.26 Å². The Bertz CT molecular complexity index is 525. The average molecular weight is 262 g/mol. The number of halogens is 1. The minimum Gasteiger partial charge on any atom is -0.496 e. The zero-order chi connectivity index (χ0) is 13.8. The minimum atomic E-state index is -0.352. The predicted molar refractivity (Wildman–Crippen MR) is 66.7 cm³/mol. The smallest absolute Gasteiger partial charge is 0.224 e. The van der Waals surface area contributed by atoms with Crippen LogP contribution in [0.25, 0.3) is 0 Å². The van der Waals surface area contributed by atoms with Gasteiger partial charge in [0.2, 0.25) is 5.91 Å². The fourth-order valence-corrected chi connectivity index (χ4v) is 2.23. The molecule has 1 fully saturated rings. The number of benzene rings is 1. The largest absolute Gasteiger partial charge is 0.496 e.